The molecule has 0 aliphatic heterocycles. The van der Waals surface area contributed by atoms with Gasteiger partial charge in [0, 0.05) is 12.8 Å². The minimum atomic E-state index is -4.63. The van der Waals surface area contributed by atoms with E-state index in [4.69, 9.17) is 18.5 Å². The summed E-state index contributed by atoms with van der Waals surface area (Å²) in [5.41, 5.74) is 0. The number of phosphoric ester groups is 1. The van der Waals surface area contributed by atoms with Gasteiger partial charge in [-0.15, -0.1) is 0 Å². The topological polar surface area (TPSA) is 111 Å². The van der Waals surface area contributed by atoms with Crippen molar-refractivity contribution in [1.29, 1.82) is 0 Å². The predicted octanol–water partition coefficient (Wildman–Crippen LogP) is 11.9. The predicted molar refractivity (Wildman–Crippen MR) is 227 cm³/mol. The van der Waals surface area contributed by atoms with Crippen molar-refractivity contribution >= 4 is 19.8 Å². The number of carbonyl (C=O) groups is 2. The third-order valence-electron chi connectivity index (χ3n) is 9.38. The van der Waals surface area contributed by atoms with Gasteiger partial charge in [0.2, 0.25) is 0 Å². The quantitative estimate of drug-likeness (QED) is 0.0198. The molecule has 322 valence electrons. The van der Waals surface area contributed by atoms with Gasteiger partial charge < -0.3 is 27.9 Å². The number of hydrogen-bond acceptors (Lipinski definition) is 8. The number of allylic oxidation sites excluding steroid dienone is 6. The third kappa shape index (κ3) is 41.7. The molecule has 0 aromatic heterocycles. The van der Waals surface area contributed by atoms with Crippen LogP contribution in [-0.2, 0) is 32.7 Å². The zero-order chi connectivity index (χ0) is 40.7. The van der Waals surface area contributed by atoms with E-state index in [1.807, 2.05) is 21.1 Å². The Balaban J connectivity index is 4.37. The molecule has 10 heteroatoms. The minimum absolute atomic E-state index is 0.0339. The van der Waals surface area contributed by atoms with Crippen LogP contribution < -0.4 is 4.89 Å². The lowest BCUT2D eigenvalue weighted by molar-refractivity contribution is -0.870. The molecule has 0 N–H and O–H groups in total. The molecule has 1 unspecified atom stereocenters. The molecule has 0 heterocycles. The van der Waals surface area contributed by atoms with Crippen molar-refractivity contribution < 1.29 is 42.1 Å². The number of nitrogens with zero attached hydrogens (tertiary/aromatic N) is 1. The fraction of sp³-hybridized carbons (Fsp3) is 0.822. The number of phosphoric acid groups is 1. The molecule has 0 rings (SSSR count). The minimum Gasteiger partial charge on any atom is -0.756 e. The van der Waals surface area contributed by atoms with Gasteiger partial charge in [-0.3, -0.25) is 14.2 Å². The van der Waals surface area contributed by atoms with Crippen molar-refractivity contribution in [2.24, 2.45) is 0 Å². The highest BCUT2D eigenvalue weighted by Gasteiger charge is 2.21. The monoisotopic (exact) mass is 798 g/mol. The van der Waals surface area contributed by atoms with Crippen LogP contribution in [0.2, 0.25) is 0 Å². The highest BCUT2D eigenvalue weighted by atomic mass is 31.2. The van der Waals surface area contributed by atoms with Gasteiger partial charge in [0.05, 0.1) is 27.7 Å². The van der Waals surface area contributed by atoms with E-state index in [2.05, 4.69) is 50.3 Å². The number of carbonyl (C=O) groups excluding carboxylic acids is 2. The first kappa shape index (κ1) is 53.2. The molecule has 0 aromatic carbocycles. The molecule has 0 fully saturated rings. The second kappa shape index (κ2) is 37.8. The fourth-order valence-electron chi connectivity index (χ4n) is 5.85. The standard InChI is InChI=1S/C45H84NO8P/c1-6-8-10-12-14-16-18-20-22-23-24-26-27-29-31-33-35-37-44(47)51-41-43(42-53-55(49,50)52-40-39-46(3,4)5)54-45(48)38-36-34-32-30-28-25-21-19-17-15-13-11-9-7-2/h14,16,19-22,43H,6-13,15,17-18,23-42H2,1-5H3/b16-14+,21-19+,22-20+/t43-/m1/s1. The van der Waals surface area contributed by atoms with Gasteiger partial charge in [0.25, 0.3) is 7.82 Å². The van der Waals surface area contributed by atoms with Crippen molar-refractivity contribution in [1.82, 2.24) is 0 Å². The molecule has 9 nitrogen and oxygen atoms in total. The Bertz CT molecular complexity index is 1040. The molecule has 0 aliphatic rings. The van der Waals surface area contributed by atoms with Crippen LogP contribution in [0.4, 0.5) is 0 Å². The van der Waals surface area contributed by atoms with Gasteiger partial charge in [-0.1, -0.05) is 140 Å². The fourth-order valence-corrected chi connectivity index (χ4v) is 6.58. The summed E-state index contributed by atoms with van der Waals surface area (Å²) < 4.78 is 33.9. The molecular formula is C45H84NO8P. The average Bonchev–Trinajstić information content (AvgIpc) is 3.13. The number of quaternary nitrogens is 1. The van der Waals surface area contributed by atoms with Gasteiger partial charge in [0.15, 0.2) is 6.10 Å². The Morgan fingerprint density at radius 2 is 0.982 bits per heavy atom. The lowest BCUT2D eigenvalue weighted by atomic mass is 10.1. The SMILES string of the molecule is CCCCC/C=C/C/C=C/CCCCCCCCCC(=O)OC[C@H](COP(=O)([O-])OCC[N+](C)(C)C)OC(=O)CCCCCCC/C=C/CCCCCCC. The number of rotatable bonds is 40. The van der Waals surface area contributed by atoms with Crippen LogP contribution in [0.1, 0.15) is 187 Å². The summed E-state index contributed by atoms with van der Waals surface area (Å²) >= 11 is 0. The summed E-state index contributed by atoms with van der Waals surface area (Å²) in [6.45, 7) is 4.17. The van der Waals surface area contributed by atoms with Crippen molar-refractivity contribution in [3.63, 3.8) is 0 Å². The smallest absolute Gasteiger partial charge is 0.306 e. The summed E-state index contributed by atoms with van der Waals surface area (Å²) in [7, 11) is 1.15. The van der Waals surface area contributed by atoms with Crippen LogP contribution in [-0.4, -0.2) is 70.0 Å². The van der Waals surface area contributed by atoms with Crippen LogP contribution >= 0.6 is 7.82 Å². The van der Waals surface area contributed by atoms with E-state index in [-0.39, 0.29) is 26.1 Å². The first-order valence-corrected chi connectivity index (χ1v) is 23.7. The average molecular weight is 798 g/mol. The lowest BCUT2D eigenvalue weighted by Gasteiger charge is -2.28. The van der Waals surface area contributed by atoms with Crippen molar-refractivity contribution in [2.75, 3.05) is 47.5 Å². The number of unbranched alkanes of at least 4 members (excludes halogenated alkanes) is 20. The Kier molecular flexibility index (Phi) is 36.6. The maximum atomic E-state index is 12.7. The molecule has 0 radical (unpaired) electrons. The maximum Gasteiger partial charge on any atom is 0.306 e. The number of likely N-dealkylation sites (N-methyl/N-ethyl adjacent to an activating group) is 1. The van der Waals surface area contributed by atoms with Gasteiger partial charge >= 0.3 is 11.9 Å². The van der Waals surface area contributed by atoms with E-state index < -0.39 is 32.5 Å². The second-order valence-electron chi connectivity index (χ2n) is 16.1. The summed E-state index contributed by atoms with van der Waals surface area (Å²) in [4.78, 5) is 37.5. The largest absolute Gasteiger partial charge is 0.756 e. The summed E-state index contributed by atoms with van der Waals surface area (Å²) in [5.74, 6) is -0.852. The van der Waals surface area contributed by atoms with Gasteiger partial charge in [-0.25, -0.2) is 0 Å². The van der Waals surface area contributed by atoms with Crippen LogP contribution in [0.15, 0.2) is 36.5 Å². The van der Waals surface area contributed by atoms with Crippen LogP contribution in [0, 0.1) is 0 Å². The summed E-state index contributed by atoms with van der Waals surface area (Å²) in [6.07, 6.45) is 41.6. The molecule has 55 heavy (non-hydrogen) atoms. The van der Waals surface area contributed by atoms with Gasteiger partial charge in [0.1, 0.15) is 19.8 Å². The molecular weight excluding hydrogens is 713 g/mol. The second-order valence-corrected chi connectivity index (χ2v) is 17.5. The third-order valence-corrected chi connectivity index (χ3v) is 10.3. The Morgan fingerprint density at radius 1 is 0.564 bits per heavy atom. The van der Waals surface area contributed by atoms with E-state index >= 15 is 0 Å². The van der Waals surface area contributed by atoms with E-state index in [1.54, 1.807) is 0 Å². The highest BCUT2D eigenvalue weighted by Crippen LogP contribution is 2.38. The first-order valence-electron chi connectivity index (χ1n) is 22.2. The zero-order valence-electron chi connectivity index (χ0n) is 36.1. The number of ether oxygens (including phenoxy) is 2. The van der Waals surface area contributed by atoms with Crippen molar-refractivity contribution in [3.8, 4) is 0 Å². The van der Waals surface area contributed by atoms with E-state index in [0.717, 1.165) is 70.6 Å². The van der Waals surface area contributed by atoms with Crippen molar-refractivity contribution in [3.05, 3.63) is 36.5 Å². The van der Waals surface area contributed by atoms with Gasteiger partial charge in [-0.2, -0.15) is 0 Å². The molecule has 0 aromatic rings. The van der Waals surface area contributed by atoms with Crippen LogP contribution in [0.5, 0.6) is 0 Å². The Morgan fingerprint density at radius 3 is 1.49 bits per heavy atom. The molecule has 0 saturated carbocycles. The maximum absolute atomic E-state index is 12.7. The van der Waals surface area contributed by atoms with Crippen LogP contribution in [0.25, 0.3) is 0 Å². The molecule has 0 bridgehead atoms. The number of esters is 2. The highest BCUT2D eigenvalue weighted by molar-refractivity contribution is 7.45. The van der Waals surface area contributed by atoms with Crippen LogP contribution in [0.3, 0.4) is 0 Å². The van der Waals surface area contributed by atoms with E-state index in [0.29, 0.717) is 17.4 Å². The lowest BCUT2D eigenvalue weighted by Crippen LogP contribution is -2.37. The molecule has 0 aliphatic carbocycles. The normalized spacial score (nSPS) is 13.9. The van der Waals surface area contributed by atoms with Crippen molar-refractivity contribution in [2.45, 2.75) is 193 Å². The number of hydrogen-bond donors (Lipinski definition) is 0. The molecule has 0 amide bonds. The summed E-state index contributed by atoms with van der Waals surface area (Å²) in [5, 5.41) is 0. The summed E-state index contributed by atoms with van der Waals surface area (Å²) in [6, 6.07) is 0. The molecule has 0 spiro atoms. The zero-order valence-corrected chi connectivity index (χ0v) is 37.0. The Labute approximate surface area is 338 Å². The first-order chi connectivity index (χ1) is 26.5. The van der Waals surface area contributed by atoms with E-state index in [1.165, 1.54) is 83.5 Å². The Hall–Kier alpha value is -1.77. The van der Waals surface area contributed by atoms with Gasteiger partial charge in [-0.05, 0) is 70.6 Å². The molecule has 2 atom stereocenters. The van der Waals surface area contributed by atoms with E-state index in [9.17, 15) is 19.0 Å². The molecule has 0 saturated heterocycles.